The SMILES string of the molecule is COCCNCCN(C)c1nccn(C)c1=O. The third-order valence-corrected chi connectivity index (χ3v) is 2.47. The molecule has 17 heavy (non-hydrogen) atoms. The Balaban J connectivity index is 2.44. The van der Waals surface area contributed by atoms with Crippen LogP contribution >= 0.6 is 0 Å². The fourth-order valence-corrected chi connectivity index (χ4v) is 1.40. The lowest BCUT2D eigenvalue weighted by atomic mass is 10.5. The van der Waals surface area contributed by atoms with Gasteiger partial charge in [0.2, 0.25) is 0 Å². The zero-order valence-corrected chi connectivity index (χ0v) is 10.6. The Morgan fingerprint density at radius 3 is 3.00 bits per heavy atom. The first-order chi connectivity index (χ1) is 8.16. The predicted octanol–water partition coefficient (Wildman–Crippen LogP) is -0.547. The maximum atomic E-state index is 11.8. The smallest absolute Gasteiger partial charge is 0.293 e. The lowest BCUT2D eigenvalue weighted by Crippen LogP contribution is -2.35. The largest absolute Gasteiger partial charge is 0.383 e. The summed E-state index contributed by atoms with van der Waals surface area (Å²) in [5.74, 6) is 0.476. The van der Waals surface area contributed by atoms with Crippen LogP contribution < -0.4 is 15.8 Å². The number of nitrogens with one attached hydrogen (secondary N) is 1. The molecule has 0 atom stereocenters. The second kappa shape index (κ2) is 7.03. The van der Waals surface area contributed by atoms with Crippen molar-refractivity contribution in [1.29, 1.82) is 0 Å². The summed E-state index contributed by atoms with van der Waals surface area (Å²) in [5.41, 5.74) is -0.0770. The summed E-state index contributed by atoms with van der Waals surface area (Å²) in [6.45, 7) is 3.02. The summed E-state index contributed by atoms with van der Waals surface area (Å²) >= 11 is 0. The molecule has 0 bridgehead atoms. The van der Waals surface area contributed by atoms with E-state index < -0.39 is 0 Å². The molecule has 0 amide bonds. The van der Waals surface area contributed by atoms with Crippen molar-refractivity contribution < 1.29 is 4.74 Å². The van der Waals surface area contributed by atoms with E-state index in [-0.39, 0.29) is 5.56 Å². The first-order valence-corrected chi connectivity index (χ1v) is 5.59. The fourth-order valence-electron chi connectivity index (χ4n) is 1.40. The number of ether oxygens (including phenoxy) is 1. The molecule has 0 aromatic carbocycles. The van der Waals surface area contributed by atoms with Crippen LogP contribution in [-0.2, 0) is 11.8 Å². The van der Waals surface area contributed by atoms with Crippen LogP contribution in [0.1, 0.15) is 0 Å². The number of hydrogen-bond acceptors (Lipinski definition) is 5. The minimum atomic E-state index is -0.0770. The summed E-state index contributed by atoms with van der Waals surface area (Å²) in [6.07, 6.45) is 3.28. The van der Waals surface area contributed by atoms with Gasteiger partial charge < -0.3 is 19.5 Å². The fraction of sp³-hybridized carbons (Fsp3) is 0.636. The number of methoxy groups -OCH3 is 1. The average molecular weight is 240 g/mol. The molecule has 0 spiro atoms. The molecule has 1 heterocycles. The van der Waals surface area contributed by atoms with Crippen molar-refractivity contribution in [3.8, 4) is 0 Å². The number of nitrogens with zero attached hydrogens (tertiary/aromatic N) is 3. The molecule has 1 aromatic rings. The van der Waals surface area contributed by atoms with Gasteiger partial charge in [-0.3, -0.25) is 4.79 Å². The number of likely N-dealkylation sites (N-methyl/N-ethyl adjacent to an activating group) is 1. The van der Waals surface area contributed by atoms with Gasteiger partial charge in [0.05, 0.1) is 6.61 Å². The summed E-state index contributed by atoms with van der Waals surface area (Å²) in [6, 6.07) is 0. The number of aryl methyl sites for hydroxylation is 1. The second-order valence-electron chi connectivity index (χ2n) is 3.83. The van der Waals surface area contributed by atoms with Gasteiger partial charge in [-0.05, 0) is 0 Å². The van der Waals surface area contributed by atoms with Crippen LogP contribution in [0.4, 0.5) is 5.82 Å². The van der Waals surface area contributed by atoms with Crippen LogP contribution in [-0.4, -0.2) is 49.9 Å². The second-order valence-corrected chi connectivity index (χ2v) is 3.83. The molecule has 0 radical (unpaired) electrons. The normalized spacial score (nSPS) is 10.5. The van der Waals surface area contributed by atoms with Crippen LogP contribution in [0.2, 0.25) is 0 Å². The highest BCUT2D eigenvalue weighted by Gasteiger charge is 2.07. The number of hydrogen-bond donors (Lipinski definition) is 1. The van der Waals surface area contributed by atoms with E-state index in [0.717, 1.165) is 19.6 Å². The summed E-state index contributed by atoms with van der Waals surface area (Å²) < 4.78 is 6.45. The number of anilines is 1. The molecule has 1 N–H and O–H groups in total. The van der Waals surface area contributed by atoms with Crippen LogP contribution in [0.25, 0.3) is 0 Å². The topological polar surface area (TPSA) is 59.4 Å². The zero-order chi connectivity index (χ0) is 12.7. The quantitative estimate of drug-likeness (QED) is 0.648. The minimum absolute atomic E-state index is 0.0770. The molecular formula is C11H20N4O2. The van der Waals surface area contributed by atoms with E-state index in [9.17, 15) is 4.79 Å². The summed E-state index contributed by atoms with van der Waals surface area (Å²) in [7, 11) is 5.26. The molecule has 0 aliphatic carbocycles. The molecule has 0 unspecified atom stereocenters. The van der Waals surface area contributed by atoms with Crippen molar-refractivity contribution in [2.45, 2.75) is 0 Å². The molecule has 0 saturated carbocycles. The highest BCUT2D eigenvalue weighted by Crippen LogP contribution is 1.98. The van der Waals surface area contributed by atoms with Gasteiger partial charge in [-0.2, -0.15) is 0 Å². The van der Waals surface area contributed by atoms with Crippen molar-refractivity contribution in [2.75, 3.05) is 45.3 Å². The highest BCUT2D eigenvalue weighted by atomic mass is 16.5. The average Bonchev–Trinajstić information content (AvgIpc) is 2.32. The van der Waals surface area contributed by atoms with Gasteiger partial charge in [-0.1, -0.05) is 0 Å². The molecule has 1 aromatic heterocycles. The monoisotopic (exact) mass is 240 g/mol. The van der Waals surface area contributed by atoms with E-state index in [2.05, 4.69) is 10.3 Å². The van der Waals surface area contributed by atoms with Gasteiger partial charge in [-0.25, -0.2) is 4.98 Å². The van der Waals surface area contributed by atoms with E-state index in [1.165, 1.54) is 4.57 Å². The van der Waals surface area contributed by atoms with Crippen LogP contribution in [0.3, 0.4) is 0 Å². The molecule has 6 nitrogen and oxygen atoms in total. The summed E-state index contributed by atoms with van der Waals surface area (Å²) in [5, 5.41) is 3.22. The Morgan fingerprint density at radius 2 is 2.29 bits per heavy atom. The molecule has 0 fully saturated rings. The van der Waals surface area contributed by atoms with Crippen molar-refractivity contribution >= 4 is 5.82 Å². The standard InChI is InChI=1S/C11H20N4O2/c1-14(7-4-12-6-9-17-3)10-11(16)15(2)8-5-13-10/h5,8,12H,4,6-7,9H2,1-3H3. The predicted molar refractivity (Wildman–Crippen MR) is 67.5 cm³/mol. The third-order valence-electron chi connectivity index (χ3n) is 2.47. The van der Waals surface area contributed by atoms with Crippen LogP contribution in [0, 0.1) is 0 Å². The Hall–Kier alpha value is -1.40. The van der Waals surface area contributed by atoms with Crippen molar-refractivity contribution in [2.24, 2.45) is 7.05 Å². The van der Waals surface area contributed by atoms with Gasteiger partial charge >= 0.3 is 0 Å². The minimum Gasteiger partial charge on any atom is -0.383 e. The molecule has 1 rings (SSSR count). The number of rotatable bonds is 7. The van der Waals surface area contributed by atoms with E-state index in [4.69, 9.17) is 4.74 Å². The Kier molecular flexibility index (Phi) is 5.65. The highest BCUT2D eigenvalue weighted by molar-refractivity contribution is 5.33. The molecule has 0 aliphatic heterocycles. The van der Waals surface area contributed by atoms with Crippen LogP contribution in [0.5, 0.6) is 0 Å². The molecular weight excluding hydrogens is 220 g/mol. The van der Waals surface area contributed by atoms with Crippen molar-refractivity contribution in [3.63, 3.8) is 0 Å². The van der Waals surface area contributed by atoms with E-state index in [0.29, 0.717) is 12.4 Å². The first-order valence-electron chi connectivity index (χ1n) is 5.59. The zero-order valence-electron chi connectivity index (χ0n) is 10.6. The molecule has 96 valence electrons. The van der Waals surface area contributed by atoms with E-state index in [1.807, 2.05) is 11.9 Å². The Labute approximate surface area is 101 Å². The molecule has 6 heteroatoms. The maximum Gasteiger partial charge on any atom is 0.293 e. The van der Waals surface area contributed by atoms with Gasteiger partial charge in [0, 0.05) is 53.2 Å². The van der Waals surface area contributed by atoms with Gasteiger partial charge in [0.1, 0.15) is 0 Å². The third kappa shape index (κ3) is 4.16. The Bertz CT molecular complexity index is 391. The van der Waals surface area contributed by atoms with Crippen molar-refractivity contribution in [3.05, 3.63) is 22.7 Å². The lowest BCUT2D eigenvalue weighted by molar-refractivity contribution is 0.200. The van der Waals surface area contributed by atoms with Crippen LogP contribution in [0.15, 0.2) is 17.2 Å². The first kappa shape index (κ1) is 13.7. The summed E-state index contributed by atoms with van der Waals surface area (Å²) in [4.78, 5) is 17.7. The number of aromatic nitrogens is 2. The van der Waals surface area contributed by atoms with E-state index in [1.54, 1.807) is 26.6 Å². The Morgan fingerprint density at radius 1 is 1.53 bits per heavy atom. The van der Waals surface area contributed by atoms with Crippen molar-refractivity contribution in [1.82, 2.24) is 14.9 Å². The lowest BCUT2D eigenvalue weighted by Gasteiger charge is -2.17. The molecule has 0 saturated heterocycles. The van der Waals surface area contributed by atoms with Gasteiger partial charge in [0.25, 0.3) is 5.56 Å². The molecule has 0 aliphatic rings. The maximum absolute atomic E-state index is 11.8. The van der Waals surface area contributed by atoms with E-state index >= 15 is 0 Å². The van der Waals surface area contributed by atoms with Gasteiger partial charge in [-0.15, -0.1) is 0 Å². The van der Waals surface area contributed by atoms with Gasteiger partial charge in [0.15, 0.2) is 5.82 Å².